The van der Waals surface area contributed by atoms with Gasteiger partial charge in [0.15, 0.2) is 6.10 Å². The highest BCUT2D eigenvalue weighted by molar-refractivity contribution is 6.30. The zero-order valence-corrected chi connectivity index (χ0v) is 18.2. The molecule has 3 aromatic rings. The van der Waals surface area contributed by atoms with E-state index in [4.69, 9.17) is 16.3 Å². The molecule has 0 fully saturated rings. The van der Waals surface area contributed by atoms with Gasteiger partial charge in [-0.25, -0.2) is 0 Å². The average Bonchev–Trinajstić information content (AvgIpc) is 2.86. The van der Waals surface area contributed by atoms with Crippen molar-refractivity contribution in [2.75, 3.05) is 13.1 Å². The van der Waals surface area contributed by atoms with Crippen molar-refractivity contribution in [2.45, 2.75) is 6.10 Å². The first kappa shape index (κ1) is 23.7. The second-order valence-electron chi connectivity index (χ2n) is 6.98. The maximum atomic E-state index is 13.0. The van der Waals surface area contributed by atoms with Crippen molar-refractivity contribution in [3.63, 3.8) is 0 Å². The molecule has 2 N–H and O–H groups in total. The molecule has 0 heterocycles. The lowest BCUT2D eigenvalue weighted by atomic mass is 10.00. The van der Waals surface area contributed by atoms with Crippen molar-refractivity contribution in [1.29, 1.82) is 0 Å². The molecule has 1 atom stereocenters. The van der Waals surface area contributed by atoms with E-state index in [1.807, 2.05) is 0 Å². The minimum atomic E-state index is -1.20. The van der Waals surface area contributed by atoms with Crippen LogP contribution in [0.1, 0.15) is 32.4 Å². The van der Waals surface area contributed by atoms with E-state index < -0.39 is 36.2 Å². The predicted molar refractivity (Wildman–Crippen MR) is 123 cm³/mol. The Labute approximate surface area is 195 Å². The molecule has 0 spiro atoms. The standard InChI is InChI=1S/C25H21ClN2O5/c26-20-13-11-18(12-14-20)24(23(31)17-7-3-1-4-8-17)33-22(30)16-27-21(29)15-28-25(32)19-9-5-2-6-10-19/h1-14,24H,15-16H2,(H,27,29)(H,28,32). The number of hydrogen-bond acceptors (Lipinski definition) is 5. The molecule has 1 unspecified atom stereocenters. The van der Waals surface area contributed by atoms with E-state index in [0.29, 0.717) is 21.7 Å². The SMILES string of the molecule is O=C(CNC(=O)c1ccccc1)NCC(=O)OC(C(=O)c1ccccc1)c1ccc(Cl)cc1. The Morgan fingerprint density at radius 3 is 1.91 bits per heavy atom. The summed E-state index contributed by atoms with van der Waals surface area (Å²) in [5.41, 5.74) is 1.23. The van der Waals surface area contributed by atoms with Crippen LogP contribution in [0.2, 0.25) is 5.02 Å². The Morgan fingerprint density at radius 2 is 1.30 bits per heavy atom. The fraction of sp³-hybridized carbons (Fsp3) is 0.120. The van der Waals surface area contributed by atoms with Crippen LogP contribution in [0, 0.1) is 0 Å². The molecule has 3 rings (SSSR count). The second kappa shape index (κ2) is 11.6. The van der Waals surface area contributed by atoms with Crippen molar-refractivity contribution >= 4 is 35.2 Å². The summed E-state index contributed by atoms with van der Waals surface area (Å²) in [7, 11) is 0. The Bertz CT molecular complexity index is 1120. The molecule has 7 nitrogen and oxygen atoms in total. The first-order valence-electron chi connectivity index (χ1n) is 10.1. The van der Waals surface area contributed by atoms with Gasteiger partial charge in [-0.1, -0.05) is 72.3 Å². The molecule has 2 amide bonds. The van der Waals surface area contributed by atoms with Crippen LogP contribution in [0.3, 0.4) is 0 Å². The number of nitrogens with one attached hydrogen (secondary N) is 2. The van der Waals surface area contributed by atoms with Gasteiger partial charge in [-0.2, -0.15) is 0 Å². The van der Waals surface area contributed by atoms with Crippen LogP contribution in [0.4, 0.5) is 0 Å². The van der Waals surface area contributed by atoms with Gasteiger partial charge in [-0.3, -0.25) is 19.2 Å². The van der Waals surface area contributed by atoms with Gasteiger partial charge in [0.2, 0.25) is 11.7 Å². The van der Waals surface area contributed by atoms with Crippen molar-refractivity contribution < 1.29 is 23.9 Å². The monoisotopic (exact) mass is 464 g/mol. The maximum Gasteiger partial charge on any atom is 0.326 e. The molecule has 0 aliphatic heterocycles. The molecular weight excluding hydrogens is 444 g/mol. The molecule has 0 saturated heterocycles. The van der Waals surface area contributed by atoms with Gasteiger partial charge >= 0.3 is 5.97 Å². The summed E-state index contributed by atoms with van der Waals surface area (Å²) >= 11 is 5.92. The van der Waals surface area contributed by atoms with Crippen LogP contribution in [0.5, 0.6) is 0 Å². The van der Waals surface area contributed by atoms with Gasteiger partial charge in [-0.15, -0.1) is 0 Å². The smallest absolute Gasteiger partial charge is 0.326 e. The van der Waals surface area contributed by atoms with Crippen molar-refractivity contribution in [3.05, 3.63) is 107 Å². The first-order chi connectivity index (χ1) is 15.9. The summed E-state index contributed by atoms with van der Waals surface area (Å²) in [6.45, 7) is -0.781. The molecule has 8 heteroatoms. The van der Waals surface area contributed by atoms with Gasteiger partial charge < -0.3 is 15.4 Å². The fourth-order valence-corrected chi connectivity index (χ4v) is 3.05. The lowest BCUT2D eigenvalue weighted by Crippen LogP contribution is -2.39. The summed E-state index contributed by atoms with van der Waals surface area (Å²) in [6, 6.07) is 23.2. The van der Waals surface area contributed by atoms with Crippen LogP contribution in [0.15, 0.2) is 84.9 Å². The number of carbonyl (C=O) groups excluding carboxylic acids is 4. The quantitative estimate of drug-likeness (QED) is 0.373. The van der Waals surface area contributed by atoms with Gasteiger partial charge in [0, 0.05) is 21.7 Å². The van der Waals surface area contributed by atoms with Crippen molar-refractivity contribution in [1.82, 2.24) is 10.6 Å². The third kappa shape index (κ3) is 7.02. The Morgan fingerprint density at radius 1 is 0.727 bits per heavy atom. The predicted octanol–water partition coefficient (Wildman–Crippen LogP) is 3.35. The third-order valence-electron chi connectivity index (χ3n) is 4.59. The molecule has 0 radical (unpaired) electrons. The topological polar surface area (TPSA) is 102 Å². The van der Waals surface area contributed by atoms with E-state index in [-0.39, 0.29) is 6.54 Å². The van der Waals surface area contributed by atoms with Gasteiger partial charge in [-0.05, 0) is 24.3 Å². The highest BCUT2D eigenvalue weighted by Gasteiger charge is 2.26. The summed E-state index contributed by atoms with van der Waals surface area (Å²) in [6.07, 6.45) is -1.20. The summed E-state index contributed by atoms with van der Waals surface area (Å²) in [5.74, 6) is -2.20. The number of Topliss-reactive ketones (excluding diaryl/α,β-unsaturated/α-hetero) is 1. The number of ether oxygens (including phenoxy) is 1. The van der Waals surface area contributed by atoms with Gasteiger partial charge in [0.05, 0.1) is 6.54 Å². The molecule has 3 aromatic carbocycles. The summed E-state index contributed by atoms with van der Waals surface area (Å²) in [4.78, 5) is 49.4. The molecule has 0 aliphatic carbocycles. The Balaban J connectivity index is 1.57. The van der Waals surface area contributed by atoms with Gasteiger partial charge in [0.25, 0.3) is 5.91 Å². The van der Waals surface area contributed by atoms with Gasteiger partial charge in [0.1, 0.15) is 6.54 Å². The molecule has 0 aromatic heterocycles. The lowest BCUT2D eigenvalue weighted by molar-refractivity contribution is -0.147. The molecule has 0 bridgehead atoms. The largest absolute Gasteiger partial charge is 0.448 e. The van der Waals surface area contributed by atoms with E-state index >= 15 is 0 Å². The van der Waals surface area contributed by atoms with Crippen LogP contribution < -0.4 is 10.6 Å². The minimum Gasteiger partial charge on any atom is -0.448 e. The lowest BCUT2D eigenvalue weighted by Gasteiger charge is -2.18. The minimum absolute atomic E-state index is 0.315. The number of ketones is 1. The zero-order valence-electron chi connectivity index (χ0n) is 17.5. The third-order valence-corrected chi connectivity index (χ3v) is 4.85. The number of rotatable bonds is 9. The van der Waals surface area contributed by atoms with E-state index in [1.54, 1.807) is 84.9 Å². The number of carbonyl (C=O) groups is 4. The van der Waals surface area contributed by atoms with Crippen LogP contribution in [0.25, 0.3) is 0 Å². The van der Waals surface area contributed by atoms with E-state index in [0.717, 1.165) is 0 Å². The highest BCUT2D eigenvalue weighted by atomic mass is 35.5. The Kier molecular flexibility index (Phi) is 8.32. The summed E-state index contributed by atoms with van der Waals surface area (Å²) < 4.78 is 5.40. The first-order valence-corrected chi connectivity index (χ1v) is 10.5. The zero-order chi connectivity index (χ0) is 23.6. The number of benzene rings is 3. The van der Waals surface area contributed by atoms with E-state index in [1.165, 1.54) is 0 Å². The molecule has 0 saturated carbocycles. The molecular formula is C25H21ClN2O5. The van der Waals surface area contributed by atoms with Crippen LogP contribution >= 0.6 is 11.6 Å². The van der Waals surface area contributed by atoms with Crippen molar-refractivity contribution in [2.24, 2.45) is 0 Å². The summed E-state index contributed by atoms with van der Waals surface area (Å²) in [5, 5.41) is 5.31. The highest BCUT2D eigenvalue weighted by Crippen LogP contribution is 2.24. The fourth-order valence-electron chi connectivity index (χ4n) is 2.92. The maximum absolute atomic E-state index is 13.0. The number of hydrogen-bond donors (Lipinski definition) is 2. The molecule has 0 aliphatic rings. The van der Waals surface area contributed by atoms with E-state index in [2.05, 4.69) is 10.6 Å². The number of halogens is 1. The van der Waals surface area contributed by atoms with Crippen molar-refractivity contribution in [3.8, 4) is 0 Å². The average molecular weight is 465 g/mol. The Hall–Kier alpha value is -3.97. The molecule has 168 valence electrons. The number of amides is 2. The second-order valence-corrected chi connectivity index (χ2v) is 7.41. The normalized spacial score (nSPS) is 11.2. The molecule has 33 heavy (non-hydrogen) atoms. The van der Waals surface area contributed by atoms with Crippen LogP contribution in [-0.2, 0) is 14.3 Å². The van der Waals surface area contributed by atoms with E-state index in [9.17, 15) is 19.2 Å². The number of esters is 1. The van der Waals surface area contributed by atoms with Crippen LogP contribution in [-0.4, -0.2) is 36.7 Å².